The number of carbonyl (C=O) groups is 1. The van der Waals surface area contributed by atoms with E-state index < -0.39 is 11.9 Å². The number of rotatable bonds is 6. The van der Waals surface area contributed by atoms with Crippen molar-refractivity contribution in [3.63, 3.8) is 0 Å². The maximum absolute atomic E-state index is 13.9. The molecule has 3 N–H and O–H groups in total. The molecule has 150 valence electrons. The number of aromatic nitrogens is 2. The van der Waals surface area contributed by atoms with Crippen LogP contribution in [0.3, 0.4) is 0 Å². The molecule has 9 heteroatoms. The number of anilines is 1. The maximum atomic E-state index is 13.9. The van der Waals surface area contributed by atoms with E-state index in [1.54, 1.807) is 32.5 Å². The lowest BCUT2D eigenvalue weighted by Gasteiger charge is -2.15. The van der Waals surface area contributed by atoms with Crippen LogP contribution in [0, 0.1) is 5.82 Å². The monoisotopic (exact) mass is 414 g/mol. The van der Waals surface area contributed by atoms with Crippen LogP contribution in [0.2, 0.25) is 0 Å². The number of thiazole rings is 1. The maximum Gasteiger partial charge on any atom is 0.256 e. The van der Waals surface area contributed by atoms with Crippen molar-refractivity contribution in [2.75, 3.05) is 26.1 Å². The average Bonchev–Trinajstić information content (AvgIpc) is 3.14. The van der Waals surface area contributed by atoms with Gasteiger partial charge in [-0.15, -0.1) is 0 Å². The van der Waals surface area contributed by atoms with Gasteiger partial charge in [0.25, 0.3) is 5.56 Å². The summed E-state index contributed by atoms with van der Waals surface area (Å²) in [6.07, 6.45) is 2.03. The third-order valence-corrected chi connectivity index (χ3v) is 5.83. The number of fused-ring (bicyclic) bond motifs is 6. The van der Waals surface area contributed by atoms with Crippen LogP contribution in [0.5, 0.6) is 0 Å². The Kier molecular flexibility index (Phi) is 5.16. The number of halogens is 1. The predicted molar refractivity (Wildman–Crippen MR) is 113 cm³/mol. The lowest BCUT2D eigenvalue weighted by Crippen LogP contribution is -2.38. The molecule has 4 rings (SSSR count). The van der Waals surface area contributed by atoms with Crippen molar-refractivity contribution < 1.29 is 13.9 Å². The van der Waals surface area contributed by atoms with E-state index in [2.05, 4.69) is 20.6 Å². The fourth-order valence-corrected chi connectivity index (χ4v) is 4.50. The van der Waals surface area contributed by atoms with E-state index in [9.17, 15) is 14.0 Å². The van der Waals surface area contributed by atoms with E-state index >= 15 is 0 Å². The number of ether oxygens (including phenoxy) is 1. The third-order valence-electron chi connectivity index (χ3n) is 4.81. The number of hydrogen-bond acceptors (Lipinski definition) is 6. The highest BCUT2D eigenvalue weighted by atomic mass is 32.1. The van der Waals surface area contributed by atoms with E-state index in [0.717, 1.165) is 4.70 Å². The summed E-state index contributed by atoms with van der Waals surface area (Å²) in [5.41, 5.74) is 0.374. The van der Waals surface area contributed by atoms with Crippen LogP contribution in [-0.4, -0.2) is 42.7 Å². The molecule has 0 aliphatic carbocycles. The molecule has 4 aromatic rings. The number of methoxy groups -OCH3 is 1. The molecule has 0 fully saturated rings. The van der Waals surface area contributed by atoms with Crippen LogP contribution < -0.4 is 16.2 Å². The number of benzene rings is 2. The number of nitrogens with one attached hydrogen (secondary N) is 3. The van der Waals surface area contributed by atoms with Crippen LogP contribution in [-0.2, 0) is 9.53 Å². The first-order valence-electron chi connectivity index (χ1n) is 9.03. The number of likely N-dealkylation sites (N-methyl/N-ethyl adjacent to an activating group) is 1. The number of pyridine rings is 1. The minimum absolute atomic E-state index is 0.172. The molecule has 2 aromatic heterocycles. The minimum Gasteiger partial charge on any atom is -0.385 e. The van der Waals surface area contributed by atoms with Gasteiger partial charge in [-0.1, -0.05) is 11.3 Å². The van der Waals surface area contributed by atoms with Gasteiger partial charge in [-0.25, -0.2) is 9.37 Å². The summed E-state index contributed by atoms with van der Waals surface area (Å²) in [7, 11) is 3.15. The van der Waals surface area contributed by atoms with E-state index in [0.29, 0.717) is 45.2 Å². The Morgan fingerprint density at radius 2 is 2.14 bits per heavy atom. The molecule has 0 saturated carbocycles. The number of amides is 1. The minimum atomic E-state index is -0.515. The Bertz CT molecular complexity index is 1280. The molecule has 1 amide bonds. The Balaban J connectivity index is 1.92. The summed E-state index contributed by atoms with van der Waals surface area (Å²) < 4.78 is 19.8. The van der Waals surface area contributed by atoms with Gasteiger partial charge in [0.05, 0.1) is 15.6 Å². The third kappa shape index (κ3) is 3.43. The first-order valence-corrected chi connectivity index (χ1v) is 9.85. The fourth-order valence-electron chi connectivity index (χ4n) is 3.44. The quantitative estimate of drug-likeness (QED) is 0.422. The highest BCUT2D eigenvalue weighted by Gasteiger charge is 2.21. The first kappa shape index (κ1) is 19.3. The molecule has 0 radical (unpaired) electrons. The van der Waals surface area contributed by atoms with Gasteiger partial charge in [-0.2, -0.15) is 0 Å². The van der Waals surface area contributed by atoms with E-state index in [1.165, 1.54) is 23.5 Å². The second kappa shape index (κ2) is 7.76. The van der Waals surface area contributed by atoms with Gasteiger partial charge in [0, 0.05) is 43.1 Å². The molecule has 2 heterocycles. The Labute approximate surface area is 168 Å². The Morgan fingerprint density at radius 1 is 1.31 bits per heavy atom. The van der Waals surface area contributed by atoms with Crippen molar-refractivity contribution in [2.24, 2.45) is 0 Å². The number of H-pyrrole nitrogens is 1. The van der Waals surface area contributed by atoms with Gasteiger partial charge in [0.15, 0.2) is 5.13 Å². The Morgan fingerprint density at radius 3 is 2.90 bits per heavy atom. The molecule has 7 nitrogen and oxygen atoms in total. The summed E-state index contributed by atoms with van der Waals surface area (Å²) in [5, 5.41) is 8.65. The molecule has 0 saturated heterocycles. The van der Waals surface area contributed by atoms with Gasteiger partial charge in [-0.05, 0) is 30.7 Å². The highest BCUT2D eigenvalue weighted by Crippen LogP contribution is 2.38. The molecule has 0 aliphatic heterocycles. The molecule has 0 bridgehead atoms. The zero-order valence-electron chi connectivity index (χ0n) is 15.8. The van der Waals surface area contributed by atoms with Gasteiger partial charge in [0.1, 0.15) is 11.9 Å². The normalized spacial score (nSPS) is 12.5. The van der Waals surface area contributed by atoms with E-state index in [1.807, 2.05) is 0 Å². The summed E-state index contributed by atoms with van der Waals surface area (Å²) in [6, 6.07) is 5.60. The van der Waals surface area contributed by atoms with E-state index in [4.69, 9.17) is 4.74 Å². The molecular weight excluding hydrogens is 395 g/mol. The lowest BCUT2D eigenvalue weighted by molar-refractivity contribution is -0.121. The summed E-state index contributed by atoms with van der Waals surface area (Å²) in [5.74, 6) is -0.594. The number of carbonyl (C=O) groups excluding carboxylic acids is 1. The van der Waals surface area contributed by atoms with Crippen molar-refractivity contribution in [3.8, 4) is 0 Å². The summed E-state index contributed by atoms with van der Waals surface area (Å²) in [6.45, 7) is 0.413. The largest absolute Gasteiger partial charge is 0.385 e. The smallest absolute Gasteiger partial charge is 0.256 e. The standard InChI is InChI=1S/C20H19FN4O3S/c1-22-18(26)14(6-8-28-2)24-20-25-16-11-4-3-10(21)9-13(11)15-12(17(16)29-20)5-7-23-19(15)27/h3-5,7,9,14H,6,8H2,1-2H3,(H,22,26)(H,23,27)(H,24,25)/t14-/m0/s1. The molecular formula is C20H19FN4O3S. The molecule has 0 aliphatic rings. The SMILES string of the molecule is CNC(=O)[C@H](CCOC)Nc1nc2c3ccc(F)cc3c3c(=O)[nH]ccc3c2s1. The highest BCUT2D eigenvalue weighted by molar-refractivity contribution is 7.23. The first-order chi connectivity index (χ1) is 14.0. The van der Waals surface area contributed by atoms with Crippen LogP contribution >= 0.6 is 11.3 Å². The molecule has 1 atom stereocenters. The predicted octanol–water partition coefficient (Wildman–Crippen LogP) is 2.99. The lowest BCUT2D eigenvalue weighted by atomic mass is 10.0. The van der Waals surface area contributed by atoms with Crippen molar-refractivity contribution >= 4 is 54.1 Å². The second-order valence-electron chi connectivity index (χ2n) is 6.57. The zero-order valence-corrected chi connectivity index (χ0v) is 16.7. The van der Waals surface area contributed by atoms with Gasteiger partial charge in [0.2, 0.25) is 5.91 Å². The zero-order chi connectivity index (χ0) is 20.5. The molecule has 0 unspecified atom stereocenters. The van der Waals surface area contributed by atoms with Gasteiger partial charge < -0.3 is 20.4 Å². The summed E-state index contributed by atoms with van der Waals surface area (Å²) in [4.78, 5) is 32.0. The van der Waals surface area contributed by atoms with Crippen molar-refractivity contribution in [3.05, 3.63) is 46.6 Å². The van der Waals surface area contributed by atoms with Gasteiger partial charge >= 0.3 is 0 Å². The van der Waals surface area contributed by atoms with Crippen LogP contribution in [0.25, 0.3) is 31.8 Å². The Hall–Kier alpha value is -3.04. The topological polar surface area (TPSA) is 96.1 Å². The van der Waals surface area contributed by atoms with Crippen molar-refractivity contribution in [2.45, 2.75) is 12.5 Å². The number of aromatic amines is 1. The van der Waals surface area contributed by atoms with E-state index in [-0.39, 0.29) is 11.5 Å². The van der Waals surface area contributed by atoms with Crippen LogP contribution in [0.4, 0.5) is 9.52 Å². The van der Waals surface area contributed by atoms with Crippen LogP contribution in [0.1, 0.15) is 6.42 Å². The number of hydrogen-bond donors (Lipinski definition) is 3. The molecule has 0 spiro atoms. The van der Waals surface area contributed by atoms with Crippen molar-refractivity contribution in [1.82, 2.24) is 15.3 Å². The summed E-state index contributed by atoms with van der Waals surface area (Å²) >= 11 is 1.35. The van der Waals surface area contributed by atoms with Gasteiger partial charge in [-0.3, -0.25) is 9.59 Å². The fraction of sp³-hybridized carbons (Fsp3) is 0.250. The number of nitrogens with zero attached hydrogens (tertiary/aromatic N) is 1. The van der Waals surface area contributed by atoms with Crippen LogP contribution in [0.15, 0.2) is 35.3 Å². The average molecular weight is 414 g/mol. The second-order valence-corrected chi connectivity index (χ2v) is 7.57. The molecule has 2 aromatic carbocycles. The molecule has 29 heavy (non-hydrogen) atoms. The van der Waals surface area contributed by atoms with Crippen molar-refractivity contribution in [1.29, 1.82) is 0 Å².